The molecule has 2 rings (SSSR count). The van der Waals surface area contributed by atoms with Crippen LogP contribution in [0.4, 0.5) is 0 Å². The van der Waals surface area contributed by atoms with Crippen LogP contribution in [-0.2, 0) is 24.4 Å². The van der Waals surface area contributed by atoms with E-state index in [9.17, 15) is 27.9 Å². The van der Waals surface area contributed by atoms with Gasteiger partial charge in [0.15, 0.2) is 0 Å². The number of carbonyl (C=O) groups is 3. The quantitative estimate of drug-likeness (QED) is 0.540. The molecule has 0 saturated carbocycles. The van der Waals surface area contributed by atoms with Crippen molar-refractivity contribution in [3.8, 4) is 0 Å². The average molecular weight is 454 g/mol. The van der Waals surface area contributed by atoms with Crippen molar-refractivity contribution in [2.75, 3.05) is 13.1 Å². The van der Waals surface area contributed by atoms with Gasteiger partial charge in [-0.2, -0.15) is 4.72 Å². The second-order valence-electron chi connectivity index (χ2n) is 8.32. The highest BCUT2D eigenvalue weighted by molar-refractivity contribution is 7.89. The van der Waals surface area contributed by atoms with Gasteiger partial charge in [0.05, 0.1) is 10.9 Å². The predicted molar refractivity (Wildman–Crippen MR) is 115 cm³/mol. The molecule has 3 N–H and O–H groups in total. The third kappa shape index (κ3) is 6.51. The molecule has 1 aromatic rings. The van der Waals surface area contributed by atoms with Crippen molar-refractivity contribution in [3.63, 3.8) is 0 Å². The molecule has 31 heavy (non-hydrogen) atoms. The number of aliphatic carboxylic acids is 1. The maximum atomic E-state index is 12.7. The summed E-state index contributed by atoms with van der Waals surface area (Å²) in [5, 5.41) is 11.8. The molecule has 0 aromatic heterocycles. The van der Waals surface area contributed by atoms with Crippen molar-refractivity contribution < 1.29 is 27.9 Å². The number of carbonyl (C=O) groups excluding carboxylic acids is 2. The van der Waals surface area contributed by atoms with Crippen LogP contribution >= 0.6 is 0 Å². The van der Waals surface area contributed by atoms with Gasteiger partial charge in [0.1, 0.15) is 6.04 Å². The van der Waals surface area contributed by atoms with Crippen LogP contribution in [0.5, 0.6) is 0 Å². The molecule has 1 aliphatic rings. The van der Waals surface area contributed by atoms with Gasteiger partial charge in [-0.3, -0.25) is 9.59 Å². The molecule has 172 valence electrons. The third-order valence-electron chi connectivity index (χ3n) is 5.44. The van der Waals surface area contributed by atoms with E-state index >= 15 is 0 Å². The van der Waals surface area contributed by atoms with Gasteiger partial charge in [-0.15, -0.1) is 0 Å². The Hall–Kier alpha value is -2.46. The lowest BCUT2D eigenvalue weighted by atomic mass is 9.94. The number of nitrogens with zero attached hydrogens (tertiary/aromatic N) is 1. The van der Waals surface area contributed by atoms with Crippen LogP contribution in [0.1, 0.15) is 39.2 Å². The molecule has 1 heterocycles. The molecule has 0 bridgehead atoms. The SMILES string of the molecule is Cc1ccc(S(=O)(=O)N[C@@H](C)C(=O)N2CCC(C(=O)N[C@@H](C(=O)O)C(C)C)CC2)cc1. The van der Waals surface area contributed by atoms with Crippen molar-refractivity contribution in [1.29, 1.82) is 0 Å². The second-order valence-corrected chi connectivity index (χ2v) is 10.0. The van der Waals surface area contributed by atoms with Gasteiger partial charge in [0.25, 0.3) is 0 Å². The molecule has 1 fully saturated rings. The lowest BCUT2D eigenvalue weighted by Crippen LogP contribution is -2.52. The van der Waals surface area contributed by atoms with E-state index in [2.05, 4.69) is 10.0 Å². The number of carboxylic acid groups (broad SMARTS) is 1. The fourth-order valence-electron chi connectivity index (χ4n) is 3.49. The Morgan fingerprint density at radius 1 is 1.06 bits per heavy atom. The molecule has 0 aliphatic carbocycles. The van der Waals surface area contributed by atoms with Crippen LogP contribution in [0.15, 0.2) is 29.2 Å². The summed E-state index contributed by atoms with van der Waals surface area (Å²) in [6.07, 6.45) is 0.777. The third-order valence-corrected chi connectivity index (χ3v) is 7.00. The van der Waals surface area contributed by atoms with Crippen molar-refractivity contribution >= 4 is 27.8 Å². The number of rotatable bonds is 8. The molecule has 0 spiro atoms. The number of carboxylic acids is 1. The summed E-state index contributed by atoms with van der Waals surface area (Å²) in [6.45, 7) is 7.39. The Morgan fingerprint density at radius 3 is 2.10 bits per heavy atom. The molecule has 1 aliphatic heterocycles. The van der Waals surface area contributed by atoms with Crippen LogP contribution in [0.25, 0.3) is 0 Å². The summed E-state index contributed by atoms with van der Waals surface area (Å²) < 4.78 is 27.4. The Labute approximate surface area is 183 Å². The van der Waals surface area contributed by atoms with Gasteiger partial charge < -0.3 is 15.3 Å². The van der Waals surface area contributed by atoms with Crippen molar-refractivity contribution in [2.24, 2.45) is 11.8 Å². The van der Waals surface area contributed by atoms with Gasteiger partial charge in [0, 0.05) is 19.0 Å². The van der Waals surface area contributed by atoms with E-state index in [4.69, 9.17) is 0 Å². The zero-order chi connectivity index (χ0) is 23.3. The highest BCUT2D eigenvalue weighted by atomic mass is 32.2. The van der Waals surface area contributed by atoms with E-state index in [0.29, 0.717) is 25.9 Å². The lowest BCUT2D eigenvalue weighted by molar-refractivity contribution is -0.144. The van der Waals surface area contributed by atoms with Crippen molar-refractivity contribution in [2.45, 2.75) is 57.5 Å². The molecule has 1 aromatic carbocycles. The molecule has 9 nitrogen and oxygen atoms in total. The molecule has 1 saturated heterocycles. The summed E-state index contributed by atoms with van der Waals surface area (Å²) in [5.74, 6) is -2.40. The molecule has 10 heteroatoms. The minimum Gasteiger partial charge on any atom is -0.480 e. The van der Waals surface area contributed by atoms with E-state index in [0.717, 1.165) is 5.56 Å². The van der Waals surface area contributed by atoms with Gasteiger partial charge in [-0.1, -0.05) is 31.5 Å². The van der Waals surface area contributed by atoms with E-state index in [-0.39, 0.29) is 28.5 Å². The number of benzene rings is 1. The Bertz CT molecular complexity index is 906. The van der Waals surface area contributed by atoms with Crippen LogP contribution in [0.2, 0.25) is 0 Å². The number of amides is 2. The van der Waals surface area contributed by atoms with Crippen LogP contribution in [0, 0.1) is 18.8 Å². The summed E-state index contributed by atoms with van der Waals surface area (Å²) in [4.78, 5) is 38.0. The smallest absolute Gasteiger partial charge is 0.326 e. The minimum absolute atomic E-state index is 0.0891. The summed E-state index contributed by atoms with van der Waals surface area (Å²) in [6, 6.07) is 4.44. The number of sulfonamides is 1. The van der Waals surface area contributed by atoms with Gasteiger partial charge in [0.2, 0.25) is 21.8 Å². The van der Waals surface area contributed by atoms with Gasteiger partial charge >= 0.3 is 5.97 Å². The van der Waals surface area contributed by atoms with E-state index in [1.54, 1.807) is 26.0 Å². The molecular weight excluding hydrogens is 422 g/mol. The zero-order valence-electron chi connectivity index (χ0n) is 18.3. The molecule has 2 atom stereocenters. The van der Waals surface area contributed by atoms with Crippen molar-refractivity contribution in [3.05, 3.63) is 29.8 Å². The first-order chi connectivity index (χ1) is 14.4. The predicted octanol–water partition coefficient (Wildman–Crippen LogP) is 1.13. The number of hydrogen-bond donors (Lipinski definition) is 3. The fraction of sp³-hybridized carbons (Fsp3) is 0.571. The first-order valence-electron chi connectivity index (χ1n) is 10.3. The Balaban J connectivity index is 1.91. The number of nitrogens with one attached hydrogen (secondary N) is 2. The molecule has 0 unspecified atom stereocenters. The van der Waals surface area contributed by atoms with Gasteiger partial charge in [-0.05, 0) is 44.7 Å². The first-order valence-corrected chi connectivity index (χ1v) is 11.8. The summed E-state index contributed by atoms with van der Waals surface area (Å²) in [5.41, 5.74) is 0.929. The molecular formula is C21H31N3O6S. The highest BCUT2D eigenvalue weighted by Gasteiger charge is 2.33. The average Bonchev–Trinajstić information content (AvgIpc) is 2.70. The summed E-state index contributed by atoms with van der Waals surface area (Å²) in [7, 11) is -3.83. The monoisotopic (exact) mass is 453 g/mol. The highest BCUT2D eigenvalue weighted by Crippen LogP contribution is 2.19. The normalized spacial score (nSPS) is 17.3. The maximum absolute atomic E-state index is 12.7. The summed E-state index contributed by atoms with van der Waals surface area (Å²) >= 11 is 0. The fourth-order valence-corrected chi connectivity index (χ4v) is 4.69. The van der Waals surface area contributed by atoms with Gasteiger partial charge in [-0.25, -0.2) is 13.2 Å². The van der Waals surface area contributed by atoms with Crippen LogP contribution in [0.3, 0.4) is 0 Å². The second kappa shape index (κ2) is 10.2. The van der Waals surface area contributed by atoms with Crippen LogP contribution in [-0.4, -0.2) is 61.4 Å². The zero-order valence-corrected chi connectivity index (χ0v) is 19.1. The topological polar surface area (TPSA) is 133 Å². The Morgan fingerprint density at radius 2 is 1.61 bits per heavy atom. The van der Waals surface area contributed by atoms with Crippen molar-refractivity contribution in [1.82, 2.24) is 14.9 Å². The van der Waals surface area contributed by atoms with E-state index < -0.39 is 28.1 Å². The maximum Gasteiger partial charge on any atom is 0.326 e. The standard InChI is InChI=1S/C21H31N3O6S/c1-13(2)18(21(27)28)22-19(25)16-9-11-24(12-10-16)20(26)15(4)23-31(29,30)17-7-5-14(3)6-8-17/h5-8,13,15-16,18,23H,9-12H2,1-4H3,(H,22,25)(H,27,28)/t15-,18+/m0/s1. The number of aryl methyl sites for hydroxylation is 1. The number of likely N-dealkylation sites (tertiary alicyclic amines) is 1. The number of hydrogen-bond acceptors (Lipinski definition) is 5. The lowest BCUT2D eigenvalue weighted by Gasteiger charge is -2.33. The largest absolute Gasteiger partial charge is 0.480 e. The van der Waals surface area contributed by atoms with E-state index in [1.807, 2.05) is 6.92 Å². The Kier molecular flexibility index (Phi) is 8.19. The first kappa shape index (κ1) is 24.8. The molecule has 0 radical (unpaired) electrons. The van der Waals surface area contributed by atoms with Crippen LogP contribution < -0.4 is 10.0 Å². The minimum atomic E-state index is -3.83. The molecule has 2 amide bonds. The number of piperidine rings is 1. The van der Waals surface area contributed by atoms with E-state index in [1.165, 1.54) is 24.0 Å².